The van der Waals surface area contributed by atoms with E-state index in [1.807, 2.05) is 0 Å². The van der Waals surface area contributed by atoms with Gasteiger partial charge in [0.25, 0.3) is 0 Å². The van der Waals surface area contributed by atoms with Crippen LogP contribution in [0.25, 0.3) is 0 Å². The van der Waals surface area contributed by atoms with E-state index in [0.29, 0.717) is 31.6 Å². The monoisotopic (exact) mass is 1420 g/mol. The van der Waals surface area contributed by atoms with Gasteiger partial charge in [0.15, 0.2) is 12.2 Å². The van der Waals surface area contributed by atoms with Gasteiger partial charge in [-0.3, -0.25) is 37.3 Å². The van der Waals surface area contributed by atoms with Crippen LogP contribution in [0.1, 0.15) is 402 Å². The van der Waals surface area contributed by atoms with Crippen LogP contribution in [0.4, 0.5) is 0 Å². The lowest BCUT2D eigenvalue weighted by Crippen LogP contribution is -2.30. The number of aliphatic hydroxyl groups is 1. The molecule has 0 spiro atoms. The first-order valence-corrected chi connectivity index (χ1v) is 43.3. The number of phosphoric acid groups is 2. The molecule has 0 radical (unpaired) electrons. The highest BCUT2D eigenvalue weighted by molar-refractivity contribution is 7.47. The van der Waals surface area contributed by atoms with Crippen molar-refractivity contribution in [2.45, 2.75) is 420 Å². The standard InChI is InChI=1S/C78H152O17P2/c1-8-9-10-11-12-13-14-15-23-26-31-38-45-52-59-75(80)88-65-73(94-77(82)61-54-47-39-32-27-24-21-19-17-16-18-20-22-25-29-35-42-49-56-69(2)3)67-92-96(84,85)90-63-72(79)64-91-97(86,87)93-68-74(66-89-76(81)60-53-46-41-34-37-44-51-58-71(6)7)95-78(83)62-55-48-40-33-28-30-36-43-50-57-70(4)5/h69-74,79H,8-68H2,1-7H3,(H,84,85)(H,86,87)/t72-,73-,74-/m1/s1. The minimum Gasteiger partial charge on any atom is -0.462 e. The Balaban J connectivity index is 5.21. The summed E-state index contributed by atoms with van der Waals surface area (Å²) in [5.41, 5.74) is 0. The van der Waals surface area contributed by atoms with Gasteiger partial charge < -0.3 is 33.8 Å². The van der Waals surface area contributed by atoms with E-state index in [2.05, 4.69) is 48.5 Å². The first-order valence-electron chi connectivity index (χ1n) is 40.3. The Morgan fingerprint density at radius 1 is 0.278 bits per heavy atom. The van der Waals surface area contributed by atoms with Crippen molar-refractivity contribution in [3.8, 4) is 0 Å². The van der Waals surface area contributed by atoms with Crippen molar-refractivity contribution >= 4 is 39.5 Å². The van der Waals surface area contributed by atoms with Crippen LogP contribution in [-0.2, 0) is 65.4 Å². The number of rotatable bonds is 76. The SMILES string of the molecule is CCCCCCCCCCCCCCCCC(=O)OC[C@H](COP(=O)(O)OC[C@@H](O)COP(=O)(O)OC[C@@H](COC(=O)CCCCCCCCCC(C)C)OC(=O)CCCCCCCCCCCC(C)C)OC(=O)CCCCCCCCCCCCCCCCCCCCC(C)C. The molecule has 17 nitrogen and oxygen atoms in total. The molecule has 0 amide bonds. The third-order valence-electron chi connectivity index (χ3n) is 18.1. The normalized spacial score (nSPS) is 14.0. The van der Waals surface area contributed by atoms with Crippen LogP contribution in [0.3, 0.4) is 0 Å². The lowest BCUT2D eigenvalue weighted by atomic mass is 10.0. The van der Waals surface area contributed by atoms with Crippen molar-refractivity contribution in [1.82, 2.24) is 0 Å². The fourth-order valence-corrected chi connectivity index (χ4v) is 13.5. The number of carbonyl (C=O) groups is 4. The predicted octanol–water partition coefficient (Wildman–Crippen LogP) is 23.0. The lowest BCUT2D eigenvalue weighted by Gasteiger charge is -2.21. The topological polar surface area (TPSA) is 237 Å². The molecule has 19 heteroatoms. The number of aliphatic hydroxyl groups excluding tert-OH is 1. The minimum atomic E-state index is -4.96. The molecule has 3 N–H and O–H groups in total. The molecular formula is C78H152O17P2. The molecule has 0 fully saturated rings. The summed E-state index contributed by atoms with van der Waals surface area (Å²) in [6, 6.07) is 0. The van der Waals surface area contributed by atoms with Crippen molar-refractivity contribution in [3.63, 3.8) is 0 Å². The average molecular weight is 1420 g/mol. The van der Waals surface area contributed by atoms with E-state index in [4.69, 9.17) is 37.0 Å². The molecule has 0 aliphatic carbocycles. The van der Waals surface area contributed by atoms with E-state index in [-0.39, 0.29) is 25.7 Å². The van der Waals surface area contributed by atoms with Gasteiger partial charge >= 0.3 is 39.5 Å². The molecule has 0 aromatic rings. The Kier molecular flexibility index (Phi) is 67.1. The molecule has 0 saturated carbocycles. The van der Waals surface area contributed by atoms with E-state index < -0.39 is 97.5 Å². The number of carbonyl (C=O) groups excluding carboxylic acids is 4. The summed E-state index contributed by atoms with van der Waals surface area (Å²) in [5.74, 6) is 0.145. The Bertz CT molecular complexity index is 1890. The van der Waals surface area contributed by atoms with Gasteiger partial charge in [0.1, 0.15) is 19.3 Å². The second-order valence-corrected chi connectivity index (χ2v) is 32.4. The summed E-state index contributed by atoms with van der Waals surface area (Å²) in [4.78, 5) is 72.8. The maximum atomic E-state index is 13.1. The number of hydrogen-bond acceptors (Lipinski definition) is 15. The van der Waals surface area contributed by atoms with Gasteiger partial charge in [-0.15, -0.1) is 0 Å². The fraction of sp³-hybridized carbons (Fsp3) is 0.949. The van der Waals surface area contributed by atoms with E-state index in [1.54, 1.807) is 0 Å². The van der Waals surface area contributed by atoms with Crippen LogP contribution in [-0.4, -0.2) is 96.7 Å². The number of esters is 4. The van der Waals surface area contributed by atoms with Crippen LogP contribution in [0, 0.1) is 17.8 Å². The molecular weight excluding hydrogens is 1270 g/mol. The van der Waals surface area contributed by atoms with Gasteiger partial charge in [0.2, 0.25) is 0 Å². The van der Waals surface area contributed by atoms with Crippen molar-refractivity contribution in [2.24, 2.45) is 17.8 Å². The largest absolute Gasteiger partial charge is 0.472 e. The molecule has 576 valence electrons. The summed E-state index contributed by atoms with van der Waals surface area (Å²) in [6.45, 7) is 11.9. The Morgan fingerprint density at radius 3 is 0.701 bits per heavy atom. The molecule has 2 unspecified atom stereocenters. The van der Waals surface area contributed by atoms with Gasteiger partial charge in [0, 0.05) is 25.7 Å². The highest BCUT2D eigenvalue weighted by Gasteiger charge is 2.30. The maximum absolute atomic E-state index is 13.1. The number of ether oxygens (including phenoxy) is 4. The van der Waals surface area contributed by atoms with E-state index >= 15 is 0 Å². The molecule has 0 aliphatic heterocycles. The number of unbranched alkanes of at least 4 members (excludes halogenated alkanes) is 44. The molecule has 0 saturated heterocycles. The second-order valence-electron chi connectivity index (χ2n) is 29.5. The van der Waals surface area contributed by atoms with E-state index in [9.17, 15) is 43.2 Å². The Hall–Kier alpha value is -1.94. The van der Waals surface area contributed by atoms with E-state index in [0.717, 1.165) is 108 Å². The molecule has 0 rings (SSSR count). The molecule has 0 aromatic heterocycles. The van der Waals surface area contributed by atoms with Crippen molar-refractivity contribution in [2.75, 3.05) is 39.6 Å². The summed E-state index contributed by atoms with van der Waals surface area (Å²) >= 11 is 0. The summed E-state index contributed by atoms with van der Waals surface area (Å²) in [7, 11) is -9.91. The van der Waals surface area contributed by atoms with Crippen LogP contribution in [0.15, 0.2) is 0 Å². The van der Waals surface area contributed by atoms with E-state index in [1.165, 1.54) is 205 Å². The third-order valence-corrected chi connectivity index (χ3v) is 20.0. The smallest absolute Gasteiger partial charge is 0.462 e. The molecule has 0 heterocycles. The quantitative estimate of drug-likeness (QED) is 0.0222. The highest BCUT2D eigenvalue weighted by Crippen LogP contribution is 2.45. The van der Waals surface area contributed by atoms with Gasteiger partial charge in [-0.2, -0.15) is 0 Å². The summed E-state index contributed by atoms with van der Waals surface area (Å²) in [5, 5.41) is 10.6. The zero-order valence-electron chi connectivity index (χ0n) is 63.5. The second kappa shape index (κ2) is 68.5. The van der Waals surface area contributed by atoms with Gasteiger partial charge in [0.05, 0.1) is 26.4 Å². The summed E-state index contributed by atoms with van der Waals surface area (Å²) < 4.78 is 68.6. The molecule has 0 aliphatic rings. The van der Waals surface area contributed by atoms with Crippen LogP contribution < -0.4 is 0 Å². The van der Waals surface area contributed by atoms with Gasteiger partial charge in [-0.25, -0.2) is 9.13 Å². The van der Waals surface area contributed by atoms with Crippen molar-refractivity contribution < 1.29 is 80.2 Å². The van der Waals surface area contributed by atoms with Gasteiger partial charge in [-0.1, -0.05) is 350 Å². The molecule has 97 heavy (non-hydrogen) atoms. The molecule has 5 atom stereocenters. The maximum Gasteiger partial charge on any atom is 0.472 e. The van der Waals surface area contributed by atoms with Crippen LogP contribution in [0.2, 0.25) is 0 Å². The first kappa shape index (κ1) is 95.1. The molecule has 0 bridgehead atoms. The Morgan fingerprint density at radius 2 is 0.474 bits per heavy atom. The zero-order chi connectivity index (χ0) is 71.6. The number of hydrogen-bond donors (Lipinski definition) is 3. The minimum absolute atomic E-state index is 0.105. The third kappa shape index (κ3) is 72.2. The Labute approximate surface area is 594 Å². The number of phosphoric ester groups is 2. The summed E-state index contributed by atoms with van der Waals surface area (Å²) in [6.07, 6.45) is 55.7. The van der Waals surface area contributed by atoms with Gasteiger partial charge in [-0.05, 0) is 43.4 Å². The van der Waals surface area contributed by atoms with Crippen LogP contribution >= 0.6 is 15.6 Å². The highest BCUT2D eigenvalue weighted by atomic mass is 31.2. The fourth-order valence-electron chi connectivity index (χ4n) is 12.0. The average Bonchev–Trinajstić information content (AvgIpc) is 1.07. The lowest BCUT2D eigenvalue weighted by molar-refractivity contribution is -0.161. The first-order chi connectivity index (χ1) is 46.7. The van der Waals surface area contributed by atoms with Crippen LogP contribution in [0.5, 0.6) is 0 Å². The molecule has 0 aromatic carbocycles. The van der Waals surface area contributed by atoms with Crippen molar-refractivity contribution in [1.29, 1.82) is 0 Å². The predicted molar refractivity (Wildman–Crippen MR) is 395 cm³/mol. The van der Waals surface area contributed by atoms with Crippen molar-refractivity contribution in [3.05, 3.63) is 0 Å². The zero-order valence-corrected chi connectivity index (χ0v) is 65.3.